The van der Waals surface area contributed by atoms with Gasteiger partial charge in [0.25, 0.3) is 5.69 Å². The summed E-state index contributed by atoms with van der Waals surface area (Å²) in [5.74, 6) is -0.0717. The van der Waals surface area contributed by atoms with E-state index in [9.17, 15) is 14.9 Å². The van der Waals surface area contributed by atoms with Gasteiger partial charge >= 0.3 is 0 Å². The third-order valence-corrected chi connectivity index (χ3v) is 4.31. The average Bonchev–Trinajstić information content (AvgIpc) is 2.68. The number of nitro benzene ring substituents is 1. The lowest BCUT2D eigenvalue weighted by atomic mass is 10.2. The minimum absolute atomic E-state index is 0.0172. The number of non-ortho nitro benzene ring substituents is 1. The van der Waals surface area contributed by atoms with Gasteiger partial charge in [-0.15, -0.1) is 0 Å². The monoisotopic (exact) mass is 352 g/mol. The summed E-state index contributed by atoms with van der Waals surface area (Å²) in [5.41, 5.74) is 1.82. The van der Waals surface area contributed by atoms with Crippen molar-refractivity contribution in [1.29, 1.82) is 0 Å². The fourth-order valence-corrected chi connectivity index (χ4v) is 2.89. The molecule has 0 atom stereocenters. The van der Waals surface area contributed by atoms with Gasteiger partial charge in [-0.3, -0.25) is 24.8 Å². The molecule has 1 amide bonds. The predicted octanol–water partition coefficient (Wildman–Crippen LogP) is 2.35. The highest BCUT2D eigenvalue weighted by molar-refractivity contribution is 5.91. The standard InChI is InChI=1S/C19H20N4O3/c24-19(7-6-16-3-1-5-18(13-16)23(25)26)22-11-9-21(10-12-22)15-17-4-2-8-20-14-17/h1-8,13-14H,9-12,15H2/b7-6+. The van der Waals surface area contributed by atoms with Crippen LogP contribution in [0.5, 0.6) is 0 Å². The minimum Gasteiger partial charge on any atom is -0.337 e. The SMILES string of the molecule is O=C(/C=C/c1cccc([N+](=O)[O-])c1)N1CCN(Cc2cccnc2)CC1. The summed E-state index contributed by atoms with van der Waals surface area (Å²) in [7, 11) is 0. The molecule has 0 radical (unpaired) electrons. The van der Waals surface area contributed by atoms with Gasteiger partial charge in [-0.1, -0.05) is 18.2 Å². The van der Waals surface area contributed by atoms with E-state index in [4.69, 9.17) is 0 Å². The smallest absolute Gasteiger partial charge is 0.270 e. The van der Waals surface area contributed by atoms with E-state index in [1.165, 1.54) is 18.2 Å². The topological polar surface area (TPSA) is 79.6 Å². The number of aromatic nitrogens is 1. The van der Waals surface area contributed by atoms with Crippen LogP contribution in [0.2, 0.25) is 0 Å². The van der Waals surface area contributed by atoms with E-state index in [0.717, 1.165) is 25.2 Å². The van der Waals surface area contributed by atoms with Gasteiger partial charge < -0.3 is 4.90 Å². The number of nitrogens with zero attached hydrogens (tertiary/aromatic N) is 4. The Balaban J connectivity index is 1.52. The van der Waals surface area contributed by atoms with Gasteiger partial charge in [0.1, 0.15) is 0 Å². The fourth-order valence-electron chi connectivity index (χ4n) is 2.89. The van der Waals surface area contributed by atoms with E-state index in [1.54, 1.807) is 29.3 Å². The molecule has 2 heterocycles. The van der Waals surface area contributed by atoms with E-state index in [0.29, 0.717) is 18.7 Å². The zero-order valence-corrected chi connectivity index (χ0v) is 14.3. The number of carbonyl (C=O) groups excluding carboxylic acids is 1. The molecule has 0 N–H and O–H groups in total. The van der Waals surface area contributed by atoms with Gasteiger partial charge in [-0.2, -0.15) is 0 Å². The van der Waals surface area contributed by atoms with Gasteiger partial charge in [0.2, 0.25) is 5.91 Å². The van der Waals surface area contributed by atoms with Crippen molar-refractivity contribution in [3.63, 3.8) is 0 Å². The van der Waals surface area contributed by atoms with Crippen molar-refractivity contribution in [3.05, 3.63) is 76.1 Å². The number of rotatable bonds is 5. The highest BCUT2D eigenvalue weighted by Gasteiger charge is 2.19. The molecule has 0 saturated carbocycles. The first kappa shape index (κ1) is 17.8. The molecule has 0 unspecified atom stereocenters. The molecule has 1 fully saturated rings. The molecule has 1 aliphatic heterocycles. The molecular formula is C19H20N4O3. The van der Waals surface area contributed by atoms with Crippen molar-refractivity contribution in [1.82, 2.24) is 14.8 Å². The van der Waals surface area contributed by atoms with Crippen LogP contribution in [-0.2, 0) is 11.3 Å². The predicted molar refractivity (Wildman–Crippen MR) is 98.2 cm³/mol. The Hall–Kier alpha value is -3.06. The molecule has 1 saturated heterocycles. The van der Waals surface area contributed by atoms with Crippen molar-refractivity contribution in [2.75, 3.05) is 26.2 Å². The molecule has 134 valence electrons. The van der Waals surface area contributed by atoms with Crippen LogP contribution < -0.4 is 0 Å². The van der Waals surface area contributed by atoms with Crippen LogP contribution in [0.3, 0.4) is 0 Å². The third-order valence-electron chi connectivity index (χ3n) is 4.31. The van der Waals surface area contributed by atoms with E-state index in [1.807, 2.05) is 18.3 Å². The second-order valence-corrected chi connectivity index (χ2v) is 6.15. The number of pyridine rings is 1. The van der Waals surface area contributed by atoms with Gasteiger partial charge in [0, 0.05) is 63.3 Å². The van der Waals surface area contributed by atoms with Crippen LogP contribution in [0.25, 0.3) is 6.08 Å². The zero-order valence-electron chi connectivity index (χ0n) is 14.3. The Kier molecular flexibility index (Phi) is 5.70. The molecule has 3 rings (SSSR count). The second-order valence-electron chi connectivity index (χ2n) is 6.15. The van der Waals surface area contributed by atoms with Gasteiger partial charge in [0.15, 0.2) is 0 Å². The summed E-state index contributed by atoms with van der Waals surface area (Å²) in [5, 5.41) is 10.8. The second kappa shape index (κ2) is 8.35. The lowest BCUT2D eigenvalue weighted by molar-refractivity contribution is -0.384. The number of carbonyl (C=O) groups is 1. The molecule has 2 aromatic rings. The first-order valence-corrected chi connectivity index (χ1v) is 8.44. The van der Waals surface area contributed by atoms with E-state index >= 15 is 0 Å². The number of hydrogen-bond acceptors (Lipinski definition) is 5. The largest absolute Gasteiger partial charge is 0.337 e. The van der Waals surface area contributed by atoms with Crippen molar-refractivity contribution < 1.29 is 9.72 Å². The highest BCUT2D eigenvalue weighted by atomic mass is 16.6. The Morgan fingerprint density at radius 1 is 1.19 bits per heavy atom. The van der Waals surface area contributed by atoms with Crippen molar-refractivity contribution in [2.45, 2.75) is 6.54 Å². The van der Waals surface area contributed by atoms with Crippen LogP contribution in [0.1, 0.15) is 11.1 Å². The lowest BCUT2D eigenvalue weighted by Gasteiger charge is -2.34. The third kappa shape index (κ3) is 4.73. The maximum Gasteiger partial charge on any atom is 0.270 e. The molecule has 26 heavy (non-hydrogen) atoms. The Bertz CT molecular complexity index is 799. The van der Waals surface area contributed by atoms with Gasteiger partial charge in [-0.25, -0.2) is 0 Å². The van der Waals surface area contributed by atoms with Crippen LogP contribution in [-0.4, -0.2) is 51.8 Å². The maximum atomic E-state index is 12.3. The highest BCUT2D eigenvalue weighted by Crippen LogP contribution is 2.14. The first-order valence-electron chi connectivity index (χ1n) is 8.44. The quantitative estimate of drug-likeness (QED) is 0.469. The molecule has 0 aliphatic carbocycles. The normalized spacial score (nSPS) is 15.3. The first-order chi connectivity index (χ1) is 12.6. The molecular weight excluding hydrogens is 332 g/mol. The van der Waals surface area contributed by atoms with Gasteiger partial charge in [0.05, 0.1) is 4.92 Å². The number of nitro groups is 1. The molecule has 7 heteroatoms. The van der Waals surface area contributed by atoms with E-state index in [2.05, 4.69) is 9.88 Å². The summed E-state index contributed by atoms with van der Waals surface area (Å²) >= 11 is 0. The lowest BCUT2D eigenvalue weighted by Crippen LogP contribution is -2.47. The van der Waals surface area contributed by atoms with E-state index < -0.39 is 4.92 Å². The molecule has 0 spiro atoms. The van der Waals surface area contributed by atoms with Crippen molar-refractivity contribution in [3.8, 4) is 0 Å². The average molecular weight is 352 g/mol. The number of amides is 1. The molecule has 7 nitrogen and oxygen atoms in total. The number of hydrogen-bond donors (Lipinski definition) is 0. The summed E-state index contributed by atoms with van der Waals surface area (Å²) in [6.45, 7) is 3.78. The molecule has 1 aromatic heterocycles. The number of piperazine rings is 1. The zero-order chi connectivity index (χ0) is 18.4. The Morgan fingerprint density at radius 3 is 2.69 bits per heavy atom. The van der Waals surface area contributed by atoms with Crippen LogP contribution in [0.4, 0.5) is 5.69 Å². The number of benzene rings is 1. The maximum absolute atomic E-state index is 12.3. The van der Waals surface area contributed by atoms with E-state index in [-0.39, 0.29) is 11.6 Å². The minimum atomic E-state index is -0.444. The summed E-state index contributed by atoms with van der Waals surface area (Å²) in [4.78, 5) is 30.9. The van der Waals surface area contributed by atoms with Crippen LogP contribution in [0.15, 0.2) is 54.9 Å². The van der Waals surface area contributed by atoms with Gasteiger partial charge in [-0.05, 0) is 23.3 Å². The van der Waals surface area contributed by atoms with Crippen molar-refractivity contribution in [2.24, 2.45) is 0 Å². The van der Waals surface area contributed by atoms with Crippen molar-refractivity contribution >= 4 is 17.7 Å². The molecule has 0 bridgehead atoms. The Morgan fingerprint density at radius 2 is 2.00 bits per heavy atom. The van der Waals surface area contributed by atoms with Crippen LogP contribution >= 0.6 is 0 Å². The molecule has 1 aliphatic rings. The summed E-state index contributed by atoms with van der Waals surface area (Å²) in [6, 6.07) is 10.2. The molecule has 1 aromatic carbocycles. The van der Waals surface area contributed by atoms with Crippen LogP contribution in [0, 0.1) is 10.1 Å². The summed E-state index contributed by atoms with van der Waals surface area (Å²) in [6.07, 6.45) is 6.72. The fraction of sp³-hybridized carbons (Fsp3) is 0.263. The summed E-state index contributed by atoms with van der Waals surface area (Å²) < 4.78 is 0. The Labute approximate surface area is 151 Å².